The lowest BCUT2D eigenvalue weighted by molar-refractivity contribution is -0.115. The van der Waals surface area contributed by atoms with E-state index < -0.39 is 7.60 Å². The highest BCUT2D eigenvalue weighted by molar-refractivity contribution is 7.60. The Hall–Kier alpha value is -2.92. The Morgan fingerprint density at radius 2 is 2.03 bits per heavy atom. The maximum atomic E-state index is 12.3. The molecule has 162 valence electrons. The zero-order valence-electron chi connectivity index (χ0n) is 16.2. The number of nitrogens with zero attached hydrogens (tertiary/aromatic N) is 5. The number of anilines is 3. The van der Waals surface area contributed by atoms with Crippen LogP contribution < -0.4 is 20.8 Å². The van der Waals surface area contributed by atoms with Gasteiger partial charge >= 0.3 is 7.60 Å². The van der Waals surface area contributed by atoms with Crippen molar-refractivity contribution in [3.63, 3.8) is 0 Å². The van der Waals surface area contributed by atoms with Crippen molar-refractivity contribution in [2.24, 2.45) is 0 Å². The van der Waals surface area contributed by atoms with Crippen LogP contribution in [0.2, 0.25) is 0 Å². The third kappa shape index (κ3) is 5.61. The van der Waals surface area contributed by atoms with E-state index in [0.717, 1.165) is 25.3 Å². The lowest BCUT2D eigenvalue weighted by Crippen LogP contribution is -2.26. The zero-order chi connectivity index (χ0) is 21.8. The first kappa shape index (κ1) is 21.3. The quantitative estimate of drug-likeness (QED) is 0.375. The van der Waals surface area contributed by atoms with Gasteiger partial charge in [0.1, 0.15) is 0 Å². The molecule has 11 nitrogen and oxygen atoms in total. The van der Waals surface area contributed by atoms with Crippen molar-refractivity contribution in [2.45, 2.75) is 18.9 Å². The second-order valence-electron chi connectivity index (χ2n) is 7.01. The van der Waals surface area contributed by atoms with E-state index in [9.17, 15) is 19.1 Å². The van der Waals surface area contributed by atoms with Gasteiger partial charge < -0.3 is 25.3 Å². The Morgan fingerprint density at radius 1 is 1.19 bits per heavy atom. The molecule has 3 heterocycles. The summed E-state index contributed by atoms with van der Waals surface area (Å²) in [6, 6.07) is 9.75. The molecule has 1 saturated heterocycles. The molecular weight excluding hydrogens is 441 g/mol. The summed E-state index contributed by atoms with van der Waals surface area (Å²) in [5.74, 6) is 0.486. The van der Waals surface area contributed by atoms with Gasteiger partial charge in [0, 0.05) is 25.3 Å². The summed E-state index contributed by atoms with van der Waals surface area (Å²) in [4.78, 5) is 33.0. The minimum atomic E-state index is -4.36. The van der Waals surface area contributed by atoms with Crippen molar-refractivity contribution in [3.8, 4) is 0 Å². The number of aromatic nitrogens is 4. The number of amides is 1. The van der Waals surface area contributed by atoms with Gasteiger partial charge in [-0.2, -0.15) is 5.10 Å². The number of rotatable bonds is 7. The van der Waals surface area contributed by atoms with Crippen molar-refractivity contribution in [1.29, 1.82) is 0 Å². The van der Waals surface area contributed by atoms with Crippen LogP contribution in [0.5, 0.6) is 0 Å². The summed E-state index contributed by atoms with van der Waals surface area (Å²) < 4.78 is 11.4. The normalized spacial score (nSPS) is 16.3. The van der Waals surface area contributed by atoms with Gasteiger partial charge in [0.25, 0.3) is 0 Å². The molecule has 1 aromatic carbocycles. The summed E-state index contributed by atoms with van der Waals surface area (Å²) in [7, 11) is -4.36. The van der Waals surface area contributed by atoms with Crippen molar-refractivity contribution < 1.29 is 19.1 Å². The van der Waals surface area contributed by atoms with Gasteiger partial charge in [-0.1, -0.05) is 23.5 Å². The Kier molecular flexibility index (Phi) is 6.23. The molecule has 0 aliphatic carbocycles. The molecule has 0 radical (unpaired) electrons. The van der Waals surface area contributed by atoms with E-state index in [1.54, 1.807) is 12.3 Å². The van der Waals surface area contributed by atoms with Crippen molar-refractivity contribution >= 4 is 46.2 Å². The van der Waals surface area contributed by atoms with Crippen molar-refractivity contribution in [2.75, 3.05) is 28.6 Å². The van der Waals surface area contributed by atoms with E-state index in [-0.39, 0.29) is 23.7 Å². The van der Waals surface area contributed by atoms with E-state index in [4.69, 9.17) is 0 Å². The summed E-state index contributed by atoms with van der Waals surface area (Å²) >= 11 is 1.23. The molecule has 1 aliphatic rings. The standard InChI is InChI=1S/C18H20N7O4PS/c26-16(10-12-3-1-4-14(9-12)30(27,28)29)21-18-24-23-17(31-18)20-13-6-8-25(11-13)15-5-2-7-19-22-15/h1-5,7,9,13H,6,8,10-11H2,(H,20,23)(H,21,24,26)(H2,27,28,29)/t13-/m1/s1. The van der Waals surface area contributed by atoms with Crippen LogP contribution in [0.4, 0.5) is 16.1 Å². The van der Waals surface area contributed by atoms with Crippen LogP contribution in [0.25, 0.3) is 0 Å². The van der Waals surface area contributed by atoms with Crippen LogP contribution in [0.1, 0.15) is 12.0 Å². The molecule has 1 fully saturated rings. The minimum absolute atomic E-state index is 0.0358. The molecule has 0 unspecified atom stereocenters. The molecule has 31 heavy (non-hydrogen) atoms. The summed E-state index contributed by atoms with van der Waals surface area (Å²) in [5.41, 5.74) is 0.497. The van der Waals surface area contributed by atoms with E-state index in [0.29, 0.717) is 15.8 Å². The monoisotopic (exact) mass is 461 g/mol. The van der Waals surface area contributed by atoms with Crippen LogP contribution >= 0.6 is 18.9 Å². The molecule has 1 aliphatic heterocycles. The average Bonchev–Trinajstić information content (AvgIpc) is 3.38. The second kappa shape index (κ2) is 9.06. The summed E-state index contributed by atoms with van der Waals surface area (Å²) in [6.07, 6.45) is 2.51. The Bertz CT molecular complexity index is 1110. The van der Waals surface area contributed by atoms with Gasteiger partial charge in [-0.3, -0.25) is 9.36 Å². The van der Waals surface area contributed by atoms with Gasteiger partial charge in [-0.25, -0.2) is 0 Å². The smallest absolute Gasteiger partial charge is 0.355 e. The number of nitrogens with one attached hydrogen (secondary N) is 2. The second-order valence-corrected chi connectivity index (χ2v) is 9.59. The van der Waals surface area contributed by atoms with Crippen LogP contribution in [0.3, 0.4) is 0 Å². The molecule has 3 aromatic rings. The molecule has 0 saturated carbocycles. The third-order valence-corrected chi connectivity index (χ3v) is 6.40. The van der Waals surface area contributed by atoms with E-state index in [2.05, 4.69) is 35.9 Å². The molecule has 4 N–H and O–H groups in total. The van der Waals surface area contributed by atoms with Crippen LogP contribution in [-0.4, -0.2) is 55.2 Å². The highest BCUT2D eigenvalue weighted by atomic mass is 32.1. The van der Waals surface area contributed by atoms with E-state index in [1.165, 1.54) is 29.5 Å². The Morgan fingerprint density at radius 3 is 2.81 bits per heavy atom. The predicted octanol–water partition coefficient (Wildman–Crippen LogP) is 1.00. The molecular formula is C18H20N7O4PS. The number of carbonyl (C=O) groups is 1. The first-order chi connectivity index (χ1) is 14.9. The van der Waals surface area contributed by atoms with Gasteiger partial charge in [-0.05, 0) is 36.2 Å². The summed E-state index contributed by atoms with van der Waals surface area (Å²) in [6.45, 7) is 1.61. The Balaban J connectivity index is 1.30. The van der Waals surface area contributed by atoms with Gasteiger partial charge in [0.15, 0.2) is 5.82 Å². The first-order valence-corrected chi connectivity index (χ1v) is 11.9. The number of carbonyl (C=O) groups excluding carboxylic acids is 1. The molecule has 0 spiro atoms. The first-order valence-electron chi connectivity index (χ1n) is 9.44. The largest absolute Gasteiger partial charge is 0.356 e. The summed E-state index contributed by atoms with van der Waals surface area (Å²) in [5, 5.41) is 22.9. The molecule has 0 bridgehead atoms. The van der Waals surface area contributed by atoms with Crippen molar-refractivity contribution in [1.82, 2.24) is 20.4 Å². The fourth-order valence-corrected chi connectivity index (χ4v) is 4.60. The molecule has 1 atom stereocenters. The molecule has 2 aromatic heterocycles. The topological polar surface area (TPSA) is 153 Å². The van der Waals surface area contributed by atoms with Gasteiger partial charge in [0.2, 0.25) is 16.2 Å². The van der Waals surface area contributed by atoms with E-state index >= 15 is 0 Å². The van der Waals surface area contributed by atoms with Crippen molar-refractivity contribution in [3.05, 3.63) is 48.2 Å². The molecule has 4 rings (SSSR count). The minimum Gasteiger partial charge on any atom is -0.355 e. The van der Waals surface area contributed by atoms with E-state index in [1.807, 2.05) is 12.1 Å². The number of hydrogen-bond donors (Lipinski definition) is 4. The number of benzene rings is 1. The van der Waals surface area contributed by atoms with Gasteiger partial charge in [-0.15, -0.1) is 15.3 Å². The third-order valence-electron chi connectivity index (χ3n) is 4.68. The Labute approximate surface area is 181 Å². The van der Waals surface area contributed by atoms with Gasteiger partial charge in [0.05, 0.1) is 11.7 Å². The SMILES string of the molecule is O=C(Cc1cccc(P(=O)(O)O)c1)Nc1nnc(N[C@@H]2CCN(c3cccnn3)C2)s1. The fourth-order valence-electron chi connectivity index (χ4n) is 3.25. The lowest BCUT2D eigenvalue weighted by atomic mass is 10.1. The molecule has 13 heteroatoms. The predicted molar refractivity (Wildman–Crippen MR) is 117 cm³/mol. The van der Waals surface area contributed by atoms with Crippen LogP contribution in [0, 0.1) is 0 Å². The highest BCUT2D eigenvalue weighted by Gasteiger charge is 2.24. The average molecular weight is 461 g/mol. The number of hydrogen-bond acceptors (Lipinski definition) is 9. The highest BCUT2D eigenvalue weighted by Crippen LogP contribution is 2.33. The maximum Gasteiger partial charge on any atom is 0.356 e. The fraction of sp³-hybridized carbons (Fsp3) is 0.278. The molecule has 1 amide bonds. The van der Waals surface area contributed by atoms with Crippen LogP contribution in [-0.2, 0) is 15.8 Å². The lowest BCUT2D eigenvalue weighted by Gasteiger charge is -2.16. The maximum absolute atomic E-state index is 12.3. The van der Waals surface area contributed by atoms with Crippen LogP contribution in [0.15, 0.2) is 42.6 Å². The zero-order valence-corrected chi connectivity index (χ0v) is 18.0.